The summed E-state index contributed by atoms with van der Waals surface area (Å²) >= 11 is 0. The molecular formula is C18H23NO5. The fourth-order valence-corrected chi connectivity index (χ4v) is 3.32. The van der Waals surface area contributed by atoms with Crippen molar-refractivity contribution in [2.24, 2.45) is 5.92 Å². The monoisotopic (exact) mass is 333 g/mol. The molecule has 1 saturated heterocycles. The first-order chi connectivity index (χ1) is 11.5. The van der Waals surface area contributed by atoms with Crippen LogP contribution in [0.2, 0.25) is 0 Å². The summed E-state index contributed by atoms with van der Waals surface area (Å²) in [5, 5.41) is 0. The maximum atomic E-state index is 12.2. The molecule has 3 rings (SSSR count). The molecule has 0 N–H and O–H groups in total. The van der Waals surface area contributed by atoms with Gasteiger partial charge in [0.25, 0.3) is 5.91 Å². The molecule has 24 heavy (non-hydrogen) atoms. The zero-order chi connectivity index (χ0) is 17.1. The third-order valence-electron chi connectivity index (χ3n) is 4.58. The highest BCUT2D eigenvalue weighted by Crippen LogP contribution is 2.34. The van der Waals surface area contributed by atoms with Gasteiger partial charge in [-0.15, -0.1) is 0 Å². The minimum Gasteiger partial charge on any atom is -0.454 e. The van der Waals surface area contributed by atoms with Gasteiger partial charge in [-0.25, -0.2) is 0 Å². The van der Waals surface area contributed by atoms with E-state index in [2.05, 4.69) is 6.07 Å². The number of ether oxygens (including phenoxy) is 3. The fourth-order valence-electron chi connectivity index (χ4n) is 3.32. The number of rotatable bonds is 4. The van der Waals surface area contributed by atoms with E-state index < -0.39 is 12.1 Å². The second-order valence-electron chi connectivity index (χ2n) is 6.41. The number of benzene rings is 1. The highest BCUT2D eigenvalue weighted by atomic mass is 16.7. The topological polar surface area (TPSA) is 65.1 Å². The molecule has 0 saturated carbocycles. The summed E-state index contributed by atoms with van der Waals surface area (Å²) in [6, 6.07) is 6.08. The molecule has 2 heterocycles. The SMILES string of the molecule is CC(=O)O[C@@H](C)C(=O)N1CCC(Cc2ccc3c(c2)OCO3)CC1. The summed E-state index contributed by atoms with van der Waals surface area (Å²) in [5.74, 6) is 1.63. The van der Waals surface area contributed by atoms with Crippen molar-refractivity contribution in [2.75, 3.05) is 19.9 Å². The summed E-state index contributed by atoms with van der Waals surface area (Å²) in [4.78, 5) is 25.0. The van der Waals surface area contributed by atoms with Crippen molar-refractivity contribution in [1.82, 2.24) is 4.90 Å². The van der Waals surface area contributed by atoms with Crippen LogP contribution in [0.4, 0.5) is 0 Å². The highest BCUT2D eigenvalue weighted by Gasteiger charge is 2.27. The first-order valence-electron chi connectivity index (χ1n) is 8.37. The Morgan fingerprint density at radius 2 is 1.96 bits per heavy atom. The Morgan fingerprint density at radius 3 is 2.67 bits per heavy atom. The van der Waals surface area contributed by atoms with Gasteiger partial charge in [0, 0.05) is 20.0 Å². The second kappa shape index (κ2) is 7.11. The Labute approximate surface area is 141 Å². The molecule has 0 aromatic heterocycles. The number of esters is 1. The van der Waals surface area contributed by atoms with Crippen LogP contribution >= 0.6 is 0 Å². The van der Waals surface area contributed by atoms with Gasteiger partial charge in [-0.2, -0.15) is 0 Å². The minimum atomic E-state index is -0.701. The zero-order valence-corrected chi connectivity index (χ0v) is 14.1. The maximum Gasteiger partial charge on any atom is 0.303 e. The van der Waals surface area contributed by atoms with E-state index in [4.69, 9.17) is 14.2 Å². The molecule has 1 atom stereocenters. The van der Waals surface area contributed by atoms with E-state index in [1.54, 1.807) is 11.8 Å². The average Bonchev–Trinajstić information content (AvgIpc) is 3.02. The van der Waals surface area contributed by atoms with Crippen molar-refractivity contribution in [3.05, 3.63) is 23.8 Å². The molecule has 6 heteroatoms. The van der Waals surface area contributed by atoms with Gasteiger partial charge >= 0.3 is 5.97 Å². The van der Waals surface area contributed by atoms with E-state index in [9.17, 15) is 9.59 Å². The lowest BCUT2D eigenvalue weighted by Gasteiger charge is -2.33. The van der Waals surface area contributed by atoms with E-state index in [0.717, 1.165) is 30.8 Å². The normalized spacial score (nSPS) is 18.3. The van der Waals surface area contributed by atoms with Gasteiger partial charge in [-0.1, -0.05) is 6.07 Å². The summed E-state index contributed by atoms with van der Waals surface area (Å²) < 4.78 is 15.7. The van der Waals surface area contributed by atoms with E-state index >= 15 is 0 Å². The van der Waals surface area contributed by atoms with Crippen LogP contribution in [0.15, 0.2) is 18.2 Å². The minimum absolute atomic E-state index is 0.105. The van der Waals surface area contributed by atoms with Crippen molar-refractivity contribution in [3.8, 4) is 11.5 Å². The van der Waals surface area contributed by atoms with Crippen molar-refractivity contribution >= 4 is 11.9 Å². The molecule has 1 aromatic rings. The molecule has 130 valence electrons. The van der Waals surface area contributed by atoms with Crippen LogP contribution in [0.3, 0.4) is 0 Å². The predicted molar refractivity (Wildman–Crippen MR) is 86.8 cm³/mol. The van der Waals surface area contributed by atoms with Crippen molar-refractivity contribution in [1.29, 1.82) is 0 Å². The Balaban J connectivity index is 1.50. The zero-order valence-electron chi connectivity index (χ0n) is 14.1. The molecule has 2 aliphatic heterocycles. The third kappa shape index (κ3) is 3.80. The number of fused-ring (bicyclic) bond motifs is 1. The standard InChI is InChI=1S/C18H23NO5/c1-12(24-13(2)20)18(21)19-7-5-14(6-8-19)9-15-3-4-16-17(10-15)23-11-22-16/h3-4,10,12,14H,5-9,11H2,1-2H3/t12-/m0/s1. The van der Waals surface area contributed by atoms with Crippen LogP contribution in [0, 0.1) is 5.92 Å². The number of hydrogen-bond acceptors (Lipinski definition) is 5. The summed E-state index contributed by atoms with van der Waals surface area (Å²) in [5.41, 5.74) is 1.23. The second-order valence-corrected chi connectivity index (χ2v) is 6.41. The molecule has 0 unspecified atom stereocenters. The van der Waals surface area contributed by atoms with Gasteiger partial charge in [0.15, 0.2) is 17.6 Å². The summed E-state index contributed by atoms with van der Waals surface area (Å²) in [7, 11) is 0. The van der Waals surface area contributed by atoms with E-state index in [1.807, 2.05) is 12.1 Å². The Morgan fingerprint density at radius 1 is 1.25 bits per heavy atom. The molecule has 1 aromatic carbocycles. The number of piperidine rings is 1. The molecule has 1 fully saturated rings. The van der Waals surface area contributed by atoms with Crippen LogP contribution < -0.4 is 9.47 Å². The van der Waals surface area contributed by atoms with Gasteiger partial charge in [0.1, 0.15) is 0 Å². The molecule has 0 bridgehead atoms. The first kappa shape index (κ1) is 16.6. The lowest BCUT2D eigenvalue weighted by atomic mass is 9.90. The van der Waals surface area contributed by atoms with Crippen LogP contribution in [0.1, 0.15) is 32.3 Å². The third-order valence-corrected chi connectivity index (χ3v) is 4.58. The van der Waals surface area contributed by atoms with Crippen LogP contribution in [-0.2, 0) is 20.7 Å². The highest BCUT2D eigenvalue weighted by molar-refractivity contribution is 5.83. The van der Waals surface area contributed by atoms with Gasteiger partial charge in [-0.3, -0.25) is 9.59 Å². The van der Waals surface area contributed by atoms with Crippen molar-refractivity contribution in [3.63, 3.8) is 0 Å². The Bertz CT molecular complexity index is 622. The number of likely N-dealkylation sites (tertiary alicyclic amines) is 1. The molecule has 1 amide bonds. The molecule has 2 aliphatic rings. The van der Waals surface area contributed by atoms with Gasteiger partial charge in [0.2, 0.25) is 6.79 Å². The molecular weight excluding hydrogens is 310 g/mol. The van der Waals surface area contributed by atoms with Crippen LogP contribution in [-0.4, -0.2) is 42.8 Å². The number of nitrogens with zero attached hydrogens (tertiary/aromatic N) is 1. The summed E-state index contributed by atoms with van der Waals surface area (Å²) in [6.45, 7) is 4.66. The largest absolute Gasteiger partial charge is 0.454 e. The predicted octanol–water partition coefficient (Wildman–Crippen LogP) is 2.15. The quantitative estimate of drug-likeness (QED) is 0.790. The molecule has 6 nitrogen and oxygen atoms in total. The number of carbonyl (C=O) groups excluding carboxylic acids is 2. The average molecular weight is 333 g/mol. The molecule has 0 aliphatic carbocycles. The van der Waals surface area contributed by atoms with E-state index in [1.165, 1.54) is 12.5 Å². The van der Waals surface area contributed by atoms with Crippen LogP contribution in [0.25, 0.3) is 0 Å². The van der Waals surface area contributed by atoms with Crippen molar-refractivity contribution < 1.29 is 23.8 Å². The smallest absolute Gasteiger partial charge is 0.303 e. The van der Waals surface area contributed by atoms with Crippen LogP contribution in [0.5, 0.6) is 11.5 Å². The van der Waals surface area contributed by atoms with Gasteiger partial charge < -0.3 is 19.1 Å². The first-order valence-corrected chi connectivity index (χ1v) is 8.37. The summed E-state index contributed by atoms with van der Waals surface area (Å²) in [6.07, 6.45) is 2.17. The van der Waals surface area contributed by atoms with Gasteiger partial charge in [-0.05, 0) is 49.8 Å². The Kier molecular flexibility index (Phi) is 4.92. The molecule has 0 spiro atoms. The maximum absolute atomic E-state index is 12.2. The lowest BCUT2D eigenvalue weighted by Crippen LogP contribution is -2.44. The number of amides is 1. The van der Waals surface area contributed by atoms with Crippen molar-refractivity contribution in [2.45, 2.75) is 39.2 Å². The van der Waals surface area contributed by atoms with E-state index in [0.29, 0.717) is 25.8 Å². The fraction of sp³-hybridized carbons (Fsp3) is 0.556. The lowest BCUT2D eigenvalue weighted by molar-refractivity contribution is -0.158. The number of carbonyl (C=O) groups is 2. The molecule has 0 radical (unpaired) electrons. The van der Waals surface area contributed by atoms with E-state index in [-0.39, 0.29) is 5.91 Å². The Hall–Kier alpha value is -2.24. The van der Waals surface area contributed by atoms with Gasteiger partial charge in [0.05, 0.1) is 0 Å². The number of hydrogen-bond donors (Lipinski definition) is 0.